The van der Waals surface area contributed by atoms with Gasteiger partial charge in [-0.1, -0.05) is 30.3 Å². The van der Waals surface area contributed by atoms with E-state index in [1.165, 1.54) is 11.1 Å². The highest BCUT2D eigenvalue weighted by Gasteiger charge is 2.06. The van der Waals surface area contributed by atoms with E-state index in [-0.39, 0.29) is 0 Å². The minimum atomic E-state index is 0.741. The van der Waals surface area contributed by atoms with E-state index in [4.69, 9.17) is 0 Å². The van der Waals surface area contributed by atoms with Gasteiger partial charge in [-0.25, -0.2) is 9.97 Å². The highest BCUT2D eigenvalue weighted by molar-refractivity contribution is 5.46. The van der Waals surface area contributed by atoms with E-state index in [1.54, 1.807) is 6.33 Å². The van der Waals surface area contributed by atoms with Crippen LogP contribution < -0.4 is 10.6 Å². The summed E-state index contributed by atoms with van der Waals surface area (Å²) in [6.45, 7) is 5.61. The first-order chi connectivity index (χ1) is 11.7. The largest absolute Gasteiger partial charge is 0.370 e. The fourth-order valence-electron chi connectivity index (χ4n) is 2.60. The molecule has 0 aliphatic rings. The lowest BCUT2D eigenvalue weighted by Gasteiger charge is -2.09. The number of nitrogens with one attached hydrogen (secondary N) is 3. The van der Waals surface area contributed by atoms with Gasteiger partial charge in [-0.3, -0.25) is 5.10 Å². The number of nitrogens with zero attached hydrogens (tertiary/aromatic N) is 3. The summed E-state index contributed by atoms with van der Waals surface area (Å²) in [6, 6.07) is 12.2. The topological polar surface area (TPSA) is 78.5 Å². The van der Waals surface area contributed by atoms with Gasteiger partial charge < -0.3 is 10.6 Å². The predicted octanol–water partition coefficient (Wildman–Crippen LogP) is 3.08. The van der Waals surface area contributed by atoms with Crippen molar-refractivity contribution in [3.05, 3.63) is 65.2 Å². The summed E-state index contributed by atoms with van der Waals surface area (Å²) in [4.78, 5) is 8.54. The summed E-state index contributed by atoms with van der Waals surface area (Å²) in [5, 5.41) is 13.9. The summed E-state index contributed by atoms with van der Waals surface area (Å²) in [6.07, 6.45) is 2.48. The standard InChI is InChI=1S/C18H22N6/c1-13-16(14(2)24-23-13)8-9-19-17-10-18(22-12-21-17)20-11-15-6-4-3-5-7-15/h3-7,10,12H,8-9,11H2,1-2H3,(H,23,24)(H2,19,20,21,22). The molecule has 6 heteroatoms. The Morgan fingerprint density at radius 3 is 2.46 bits per heavy atom. The lowest BCUT2D eigenvalue weighted by Crippen LogP contribution is -2.09. The third-order valence-electron chi connectivity index (χ3n) is 3.95. The van der Waals surface area contributed by atoms with Gasteiger partial charge in [0.15, 0.2) is 0 Å². The molecule has 2 heterocycles. The van der Waals surface area contributed by atoms with Gasteiger partial charge in [-0.05, 0) is 31.4 Å². The van der Waals surface area contributed by atoms with E-state index < -0.39 is 0 Å². The Balaban J connectivity index is 1.53. The van der Waals surface area contributed by atoms with Crippen molar-refractivity contribution in [2.45, 2.75) is 26.8 Å². The van der Waals surface area contributed by atoms with Gasteiger partial charge in [-0.2, -0.15) is 5.10 Å². The lowest BCUT2D eigenvalue weighted by molar-refractivity contribution is 0.976. The smallest absolute Gasteiger partial charge is 0.131 e. The molecule has 0 atom stereocenters. The third kappa shape index (κ3) is 4.10. The number of aryl methyl sites for hydroxylation is 2. The zero-order valence-corrected chi connectivity index (χ0v) is 14.0. The van der Waals surface area contributed by atoms with E-state index in [0.29, 0.717) is 0 Å². The number of H-pyrrole nitrogens is 1. The molecule has 0 aliphatic heterocycles. The minimum Gasteiger partial charge on any atom is -0.370 e. The second-order valence-corrected chi connectivity index (χ2v) is 5.72. The fraction of sp³-hybridized carbons (Fsp3) is 0.278. The molecule has 0 unspecified atom stereocenters. The number of anilines is 2. The van der Waals surface area contributed by atoms with Gasteiger partial charge in [0.25, 0.3) is 0 Å². The van der Waals surface area contributed by atoms with Gasteiger partial charge in [0, 0.05) is 24.8 Å². The number of hydrogen-bond acceptors (Lipinski definition) is 5. The summed E-state index contributed by atoms with van der Waals surface area (Å²) in [5.74, 6) is 1.63. The zero-order valence-electron chi connectivity index (χ0n) is 14.0. The van der Waals surface area contributed by atoms with E-state index in [0.717, 1.165) is 42.5 Å². The van der Waals surface area contributed by atoms with Crippen LogP contribution in [0.25, 0.3) is 0 Å². The molecule has 3 N–H and O–H groups in total. The van der Waals surface area contributed by atoms with Crippen molar-refractivity contribution in [3.8, 4) is 0 Å². The predicted molar refractivity (Wildman–Crippen MR) is 96.1 cm³/mol. The van der Waals surface area contributed by atoms with Gasteiger partial charge in [0.2, 0.25) is 0 Å². The zero-order chi connectivity index (χ0) is 16.8. The van der Waals surface area contributed by atoms with Crippen molar-refractivity contribution in [1.82, 2.24) is 20.2 Å². The monoisotopic (exact) mass is 322 g/mol. The first-order valence-corrected chi connectivity index (χ1v) is 8.06. The lowest BCUT2D eigenvalue weighted by atomic mass is 10.1. The second kappa shape index (κ2) is 7.59. The van der Waals surface area contributed by atoms with Crippen LogP contribution in [0, 0.1) is 13.8 Å². The Labute approximate surface area is 141 Å². The molecule has 3 aromatic rings. The van der Waals surface area contributed by atoms with E-state index in [2.05, 4.69) is 42.9 Å². The molecule has 0 bridgehead atoms. The van der Waals surface area contributed by atoms with Crippen molar-refractivity contribution >= 4 is 11.6 Å². The van der Waals surface area contributed by atoms with Crippen molar-refractivity contribution in [2.75, 3.05) is 17.2 Å². The molecule has 0 amide bonds. The van der Waals surface area contributed by atoms with Crippen LogP contribution in [0.4, 0.5) is 11.6 Å². The maximum Gasteiger partial charge on any atom is 0.131 e. The quantitative estimate of drug-likeness (QED) is 0.623. The molecule has 3 rings (SSSR count). The van der Waals surface area contributed by atoms with Crippen molar-refractivity contribution in [1.29, 1.82) is 0 Å². The van der Waals surface area contributed by atoms with Crippen LogP contribution >= 0.6 is 0 Å². The van der Waals surface area contributed by atoms with Gasteiger partial charge in [0.05, 0.1) is 5.69 Å². The normalized spacial score (nSPS) is 10.6. The average molecular weight is 322 g/mol. The Hall–Kier alpha value is -2.89. The minimum absolute atomic E-state index is 0.741. The van der Waals surface area contributed by atoms with Crippen LogP contribution in [0.5, 0.6) is 0 Å². The molecule has 0 spiro atoms. The highest BCUT2D eigenvalue weighted by Crippen LogP contribution is 2.13. The summed E-state index contributed by atoms with van der Waals surface area (Å²) in [5.41, 5.74) is 4.67. The number of hydrogen-bond donors (Lipinski definition) is 3. The second-order valence-electron chi connectivity index (χ2n) is 5.72. The van der Waals surface area contributed by atoms with Crippen LogP contribution in [0.15, 0.2) is 42.7 Å². The molecule has 6 nitrogen and oxygen atoms in total. The maximum atomic E-state index is 4.27. The Bertz CT molecular complexity index is 762. The van der Waals surface area contributed by atoms with Crippen LogP contribution in [0.3, 0.4) is 0 Å². The van der Waals surface area contributed by atoms with E-state index >= 15 is 0 Å². The van der Waals surface area contributed by atoms with Crippen LogP contribution in [-0.4, -0.2) is 26.7 Å². The molecule has 2 aromatic heterocycles. The molecule has 0 saturated carbocycles. The Morgan fingerprint density at radius 2 is 1.75 bits per heavy atom. The summed E-state index contributed by atoms with van der Waals surface area (Å²) >= 11 is 0. The van der Waals surface area contributed by atoms with Crippen molar-refractivity contribution in [2.24, 2.45) is 0 Å². The molecule has 0 fully saturated rings. The van der Waals surface area contributed by atoms with Crippen LogP contribution in [0.2, 0.25) is 0 Å². The van der Waals surface area contributed by atoms with Crippen LogP contribution in [0.1, 0.15) is 22.5 Å². The molecule has 0 radical (unpaired) electrons. The molecule has 0 saturated heterocycles. The van der Waals surface area contributed by atoms with E-state index in [1.807, 2.05) is 38.1 Å². The maximum absolute atomic E-state index is 4.27. The molecule has 0 aliphatic carbocycles. The Morgan fingerprint density at radius 1 is 1.00 bits per heavy atom. The SMILES string of the molecule is Cc1n[nH]c(C)c1CCNc1cc(NCc2ccccc2)ncn1. The third-order valence-corrected chi connectivity index (χ3v) is 3.95. The number of aromatic amines is 1. The molecule has 124 valence electrons. The average Bonchev–Trinajstić information content (AvgIpc) is 2.93. The fourth-order valence-corrected chi connectivity index (χ4v) is 2.60. The van der Waals surface area contributed by atoms with Crippen molar-refractivity contribution < 1.29 is 0 Å². The highest BCUT2D eigenvalue weighted by atomic mass is 15.1. The van der Waals surface area contributed by atoms with Gasteiger partial charge >= 0.3 is 0 Å². The summed E-state index contributed by atoms with van der Waals surface area (Å²) < 4.78 is 0. The van der Waals surface area contributed by atoms with Crippen molar-refractivity contribution in [3.63, 3.8) is 0 Å². The molecule has 24 heavy (non-hydrogen) atoms. The molecular formula is C18H22N6. The van der Waals surface area contributed by atoms with E-state index in [9.17, 15) is 0 Å². The van der Waals surface area contributed by atoms with Crippen LogP contribution in [-0.2, 0) is 13.0 Å². The summed E-state index contributed by atoms with van der Waals surface area (Å²) in [7, 11) is 0. The first-order valence-electron chi connectivity index (χ1n) is 8.06. The van der Waals surface area contributed by atoms with Gasteiger partial charge in [-0.15, -0.1) is 0 Å². The number of benzene rings is 1. The first kappa shape index (κ1) is 16.0. The number of aromatic nitrogens is 4. The number of rotatable bonds is 7. The molecular weight excluding hydrogens is 300 g/mol. The van der Waals surface area contributed by atoms with Gasteiger partial charge in [0.1, 0.15) is 18.0 Å². The molecule has 1 aromatic carbocycles. The Kier molecular flexibility index (Phi) is 5.05.